The number of benzene rings is 1. The summed E-state index contributed by atoms with van der Waals surface area (Å²) in [6.45, 7) is 5.80. The zero-order valence-electron chi connectivity index (χ0n) is 13.0. The number of anilines is 2. The van der Waals surface area contributed by atoms with Gasteiger partial charge in [-0.15, -0.1) is 0 Å². The first-order valence-electron chi connectivity index (χ1n) is 8.39. The van der Waals surface area contributed by atoms with Crippen LogP contribution in [0.2, 0.25) is 0 Å². The summed E-state index contributed by atoms with van der Waals surface area (Å²) >= 11 is 0. The van der Waals surface area contributed by atoms with Crippen molar-refractivity contribution in [3.8, 4) is 0 Å². The molecule has 2 saturated heterocycles. The zero-order valence-corrected chi connectivity index (χ0v) is 13.0. The van der Waals surface area contributed by atoms with Crippen LogP contribution in [0.4, 0.5) is 11.5 Å². The SMILES string of the molecule is c1ccc2nc(N3CCCCC3)c(N3CCOCC3)cc2c1. The van der Waals surface area contributed by atoms with Gasteiger partial charge >= 0.3 is 0 Å². The van der Waals surface area contributed by atoms with Gasteiger partial charge in [0.1, 0.15) is 0 Å². The Kier molecular flexibility index (Phi) is 3.85. The molecule has 0 amide bonds. The Morgan fingerprint density at radius 1 is 0.864 bits per heavy atom. The number of morpholine rings is 1. The smallest absolute Gasteiger partial charge is 0.152 e. The number of fused-ring (bicyclic) bond motifs is 1. The number of ether oxygens (including phenoxy) is 1. The minimum atomic E-state index is 0.812. The average Bonchev–Trinajstić information content (AvgIpc) is 2.62. The molecular formula is C18H23N3O. The van der Waals surface area contributed by atoms with E-state index in [0.29, 0.717) is 0 Å². The van der Waals surface area contributed by atoms with E-state index in [1.54, 1.807) is 0 Å². The Hall–Kier alpha value is -1.81. The minimum Gasteiger partial charge on any atom is -0.378 e. The number of piperidine rings is 1. The number of nitrogens with zero attached hydrogens (tertiary/aromatic N) is 3. The maximum absolute atomic E-state index is 5.52. The summed E-state index contributed by atoms with van der Waals surface area (Å²) in [4.78, 5) is 9.93. The van der Waals surface area contributed by atoms with Crippen molar-refractivity contribution in [1.29, 1.82) is 0 Å². The van der Waals surface area contributed by atoms with Crippen molar-refractivity contribution in [2.75, 3.05) is 49.2 Å². The number of hydrogen-bond acceptors (Lipinski definition) is 4. The number of hydrogen-bond donors (Lipinski definition) is 0. The third kappa shape index (κ3) is 2.63. The summed E-state index contributed by atoms with van der Waals surface area (Å²) < 4.78 is 5.52. The van der Waals surface area contributed by atoms with Crippen molar-refractivity contribution in [2.45, 2.75) is 19.3 Å². The lowest BCUT2D eigenvalue weighted by Crippen LogP contribution is -2.38. The van der Waals surface area contributed by atoms with Crippen LogP contribution in [0.25, 0.3) is 10.9 Å². The molecule has 2 aliphatic heterocycles. The number of aromatic nitrogens is 1. The second-order valence-electron chi connectivity index (χ2n) is 6.17. The van der Waals surface area contributed by atoms with Crippen LogP contribution in [0.5, 0.6) is 0 Å². The molecular weight excluding hydrogens is 274 g/mol. The van der Waals surface area contributed by atoms with E-state index in [2.05, 4.69) is 40.1 Å². The molecule has 4 nitrogen and oxygen atoms in total. The molecule has 3 heterocycles. The van der Waals surface area contributed by atoms with E-state index in [1.165, 1.54) is 36.2 Å². The fourth-order valence-electron chi connectivity index (χ4n) is 3.47. The molecule has 2 fully saturated rings. The minimum absolute atomic E-state index is 0.812. The molecule has 0 bridgehead atoms. The molecule has 0 atom stereocenters. The van der Waals surface area contributed by atoms with Crippen molar-refractivity contribution < 1.29 is 4.74 Å². The standard InChI is InChI=1S/C18H23N3O/c1-4-8-21(9-5-1)18-17(20-10-12-22-13-11-20)14-15-6-2-3-7-16(15)19-18/h2-3,6-7,14H,1,4-5,8-13H2. The first-order valence-corrected chi connectivity index (χ1v) is 8.39. The molecule has 0 spiro atoms. The lowest BCUT2D eigenvalue weighted by atomic mass is 10.1. The fourth-order valence-corrected chi connectivity index (χ4v) is 3.47. The highest BCUT2D eigenvalue weighted by Crippen LogP contribution is 2.33. The molecule has 0 saturated carbocycles. The fraction of sp³-hybridized carbons (Fsp3) is 0.500. The van der Waals surface area contributed by atoms with Gasteiger partial charge in [-0.25, -0.2) is 4.98 Å². The van der Waals surface area contributed by atoms with Crippen LogP contribution in [0.3, 0.4) is 0 Å². The van der Waals surface area contributed by atoms with Gasteiger partial charge in [-0.1, -0.05) is 18.2 Å². The highest BCUT2D eigenvalue weighted by Gasteiger charge is 2.21. The Morgan fingerprint density at radius 3 is 2.45 bits per heavy atom. The molecule has 116 valence electrons. The molecule has 1 aromatic heterocycles. The maximum atomic E-state index is 5.52. The van der Waals surface area contributed by atoms with Crippen LogP contribution in [0.1, 0.15) is 19.3 Å². The number of para-hydroxylation sites is 1. The molecule has 2 aromatic rings. The molecule has 22 heavy (non-hydrogen) atoms. The summed E-state index contributed by atoms with van der Waals surface area (Å²) in [5.74, 6) is 1.17. The van der Waals surface area contributed by atoms with Gasteiger partial charge in [-0.3, -0.25) is 0 Å². The highest BCUT2D eigenvalue weighted by atomic mass is 16.5. The zero-order chi connectivity index (χ0) is 14.8. The van der Waals surface area contributed by atoms with E-state index in [9.17, 15) is 0 Å². The lowest BCUT2D eigenvalue weighted by molar-refractivity contribution is 0.122. The Bertz CT molecular complexity index is 589. The third-order valence-corrected chi connectivity index (χ3v) is 4.69. The van der Waals surface area contributed by atoms with Gasteiger partial charge in [0.05, 0.1) is 24.4 Å². The summed E-state index contributed by atoms with van der Waals surface area (Å²) in [5.41, 5.74) is 2.38. The van der Waals surface area contributed by atoms with Crippen LogP contribution in [0.15, 0.2) is 30.3 Å². The van der Waals surface area contributed by atoms with Crippen molar-refractivity contribution in [2.24, 2.45) is 0 Å². The van der Waals surface area contributed by atoms with Gasteiger partial charge in [0.2, 0.25) is 0 Å². The summed E-state index contributed by atoms with van der Waals surface area (Å²) in [6.07, 6.45) is 3.89. The average molecular weight is 297 g/mol. The highest BCUT2D eigenvalue weighted by molar-refractivity contribution is 5.87. The lowest BCUT2D eigenvalue weighted by Gasteiger charge is -2.35. The molecule has 4 rings (SSSR count). The summed E-state index contributed by atoms with van der Waals surface area (Å²) in [7, 11) is 0. The second-order valence-corrected chi connectivity index (χ2v) is 6.17. The van der Waals surface area contributed by atoms with E-state index in [-0.39, 0.29) is 0 Å². The van der Waals surface area contributed by atoms with Crippen LogP contribution >= 0.6 is 0 Å². The molecule has 0 N–H and O–H groups in total. The van der Waals surface area contributed by atoms with Crippen LogP contribution in [0, 0.1) is 0 Å². The Labute approximate surface area is 131 Å². The van der Waals surface area contributed by atoms with Crippen molar-refractivity contribution in [3.63, 3.8) is 0 Å². The normalized spacial score (nSPS) is 19.6. The van der Waals surface area contributed by atoms with E-state index in [1.807, 2.05) is 0 Å². The van der Waals surface area contributed by atoms with E-state index in [0.717, 1.165) is 44.9 Å². The van der Waals surface area contributed by atoms with Crippen LogP contribution in [-0.4, -0.2) is 44.4 Å². The largest absolute Gasteiger partial charge is 0.378 e. The molecule has 4 heteroatoms. The first-order chi connectivity index (χ1) is 10.9. The summed E-state index contributed by atoms with van der Waals surface area (Å²) in [5, 5.41) is 1.23. The van der Waals surface area contributed by atoms with Crippen LogP contribution in [-0.2, 0) is 4.74 Å². The van der Waals surface area contributed by atoms with Gasteiger partial charge < -0.3 is 14.5 Å². The molecule has 0 radical (unpaired) electrons. The Balaban J connectivity index is 1.79. The predicted molar refractivity (Wildman–Crippen MR) is 90.8 cm³/mol. The van der Waals surface area contributed by atoms with Gasteiger partial charge in [0.25, 0.3) is 0 Å². The topological polar surface area (TPSA) is 28.6 Å². The monoisotopic (exact) mass is 297 g/mol. The van der Waals surface area contributed by atoms with Crippen molar-refractivity contribution in [1.82, 2.24) is 4.98 Å². The van der Waals surface area contributed by atoms with E-state index >= 15 is 0 Å². The number of rotatable bonds is 2. The van der Waals surface area contributed by atoms with Crippen molar-refractivity contribution in [3.05, 3.63) is 30.3 Å². The Morgan fingerprint density at radius 2 is 1.64 bits per heavy atom. The third-order valence-electron chi connectivity index (χ3n) is 4.69. The van der Waals surface area contributed by atoms with Gasteiger partial charge in [0.15, 0.2) is 5.82 Å². The van der Waals surface area contributed by atoms with Gasteiger partial charge in [-0.05, 0) is 31.4 Å². The quantitative estimate of drug-likeness (QED) is 0.852. The second kappa shape index (κ2) is 6.13. The van der Waals surface area contributed by atoms with Crippen molar-refractivity contribution >= 4 is 22.4 Å². The summed E-state index contributed by atoms with van der Waals surface area (Å²) in [6, 6.07) is 10.8. The van der Waals surface area contributed by atoms with E-state index < -0.39 is 0 Å². The molecule has 0 unspecified atom stereocenters. The van der Waals surface area contributed by atoms with Crippen LogP contribution < -0.4 is 9.80 Å². The molecule has 2 aliphatic rings. The predicted octanol–water partition coefficient (Wildman–Crippen LogP) is 3.06. The number of pyridine rings is 1. The molecule has 1 aromatic carbocycles. The molecule has 0 aliphatic carbocycles. The van der Waals surface area contributed by atoms with E-state index in [4.69, 9.17) is 9.72 Å². The van der Waals surface area contributed by atoms with Gasteiger partial charge in [-0.2, -0.15) is 0 Å². The first kappa shape index (κ1) is 13.8. The van der Waals surface area contributed by atoms with Gasteiger partial charge in [0, 0.05) is 31.6 Å². The maximum Gasteiger partial charge on any atom is 0.152 e.